The molecule has 30 heavy (non-hydrogen) atoms. The molecule has 3 heterocycles. The Labute approximate surface area is 176 Å². The van der Waals surface area contributed by atoms with Gasteiger partial charge in [-0.25, -0.2) is 4.79 Å². The van der Waals surface area contributed by atoms with Gasteiger partial charge in [0.1, 0.15) is 16.9 Å². The van der Waals surface area contributed by atoms with Crippen LogP contribution >= 0.6 is 0 Å². The number of carbonyl (C=O) groups is 2. The highest BCUT2D eigenvalue weighted by Crippen LogP contribution is 2.32. The lowest BCUT2D eigenvalue weighted by Gasteiger charge is -2.31. The first-order chi connectivity index (χ1) is 14.1. The summed E-state index contributed by atoms with van der Waals surface area (Å²) in [5, 5.41) is 16.1. The van der Waals surface area contributed by atoms with E-state index in [1.807, 2.05) is 51.1 Å². The van der Waals surface area contributed by atoms with Crippen LogP contribution in [0, 0.1) is 0 Å². The topological polar surface area (TPSA) is 87.9 Å². The third-order valence-electron chi connectivity index (χ3n) is 5.52. The number of hydrogen-bond donors (Lipinski definition) is 1. The van der Waals surface area contributed by atoms with Gasteiger partial charge in [0.2, 0.25) is 0 Å². The van der Waals surface area contributed by atoms with Crippen molar-refractivity contribution >= 4 is 12.0 Å². The molecular weight excluding hydrogens is 384 g/mol. The van der Waals surface area contributed by atoms with Gasteiger partial charge in [-0.1, -0.05) is 30.3 Å². The zero-order chi connectivity index (χ0) is 21.7. The Morgan fingerprint density at radius 2 is 1.90 bits per heavy atom. The molecule has 8 nitrogen and oxygen atoms in total. The van der Waals surface area contributed by atoms with Crippen LogP contribution in [0.3, 0.4) is 0 Å². The predicted molar refractivity (Wildman–Crippen MR) is 110 cm³/mol. The van der Waals surface area contributed by atoms with E-state index in [0.29, 0.717) is 18.7 Å². The number of fused-ring (bicyclic) bond motifs is 3. The molecule has 4 rings (SSSR count). The lowest BCUT2D eigenvalue weighted by molar-refractivity contribution is -0.00313. The number of nitrogens with zero attached hydrogens (tertiary/aromatic N) is 4. The maximum atomic E-state index is 13.2. The standard InChI is InChI=1S/C22H28N4O4/c1-21(2,3)30-20(28)25-11-10-17-16(12-25)18-19(27)24(4)13-22(29,14-26(18)23-17)15-8-6-5-7-9-15/h5-9,29H,10-14H2,1-4H3. The van der Waals surface area contributed by atoms with Gasteiger partial charge >= 0.3 is 6.09 Å². The number of benzene rings is 1. The number of amides is 2. The Bertz CT molecular complexity index is 979. The lowest BCUT2D eigenvalue weighted by Crippen LogP contribution is -2.42. The summed E-state index contributed by atoms with van der Waals surface area (Å²) in [4.78, 5) is 28.9. The van der Waals surface area contributed by atoms with E-state index < -0.39 is 17.3 Å². The van der Waals surface area contributed by atoms with Gasteiger partial charge in [-0.05, 0) is 26.3 Å². The molecule has 0 saturated heterocycles. The van der Waals surface area contributed by atoms with Crippen LogP contribution in [0.2, 0.25) is 0 Å². The molecule has 2 amide bonds. The van der Waals surface area contributed by atoms with E-state index in [0.717, 1.165) is 16.8 Å². The quantitative estimate of drug-likeness (QED) is 0.775. The lowest BCUT2D eigenvalue weighted by atomic mass is 9.93. The predicted octanol–water partition coefficient (Wildman–Crippen LogP) is 2.15. The van der Waals surface area contributed by atoms with Gasteiger partial charge in [0.15, 0.2) is 0 Å². The first kappa shape index (κ1) is 20.4. The third kappa shape index (κ3) is 3.67. The number of ether oxygens (including phenoxy) is 1. The minimum Gasteiger partial charge on any atom is -0.444 e. The van der Waals surface area contributed by atoms with Crippen LogP contribution in [0.1, 0.15) is 48.1 Å². The van der Waals surface area contributed by atoms with Crippen molar-refractivity contribution in [3.63, 3.8) is 0 Å². The van der Waals surface area contributed by atoms with Gasteiger partial charge in [-0.3, -0.25) is 9.48 Å². The zero-order valence-corrected chi connectivity index (χ0v) is 17.9. The second-order valence-electron chi connectivity index (χ2n) is 9.14. The van der Waals surface area contributed by atoms with Crippen molar-refractivity contribution in [2.45, 2.75) is 51.5 Å². The molecule has 8 heteroatoms. The van der Waals surface area contributed by atoms with Gasteiger partial charge in [0.25, 0.3) is 5.91 Å². The Morgan fingerprint density at radius 3 is 2.57 bits per heavy atom. The van der Waals surface area contributed by atoms with Crippen LogP contribution in [0.5, 0.6) is 0 Å². The minimum absolute atomic E-state index is 0.157. The maximum Gasteiger partial charge on any atom is 0.410 e. The van der Waals surface area contributed by atoms with Crippen molar-refractivity contribution in [1.29, 1.82) is 0 Å². The van der Waals surface area contributed by atoms with Gasteiger partial charge in [0.05, 0.1) is 25.3 Å². The van der Waals surface area contributed by atoms with Crippen LogP contribution < -0.4 is 0 Å². The smallest absolute Gasteiger partial charge is 0.410 e. The third-order valence-corrected chi connectivity index (χ3v) is 5.52. The summed E-state index contributed by atoms with van der Waals surface area (Å²) in [5.74, 6) is -0.207. The monoisotopic (exact) mass is 412 g/mol. The number of likely N-dealkylation sites (N-methyl/N-ethyl adjacent to an activating group) is 1. The Balaban J connectivity index is 1.69. The maximum absolute atomic E-state index is 13.2. The van der Waals surface area contributed by atoms with E-state index in [1.165, 1.54) is 4.90 Å². The van der Waals surface area contributed by atoms with E-state index in [4.69, 9.17) is 4.74 Å². The van der Waals surface area contributed by atoms with Gasteiger partial charge in [-0.15, -0.1) is 0 Å². The highest BCUT2D eigenvalue weighted by atomic mass is 16.6. The number of aliphatic hydroxyl groups is 1. The summed E-state index contributed by atoms with van der Waals surface area (Å²) in [6, 6.07) is 9.34. The van der Waals surface area contributed by atoms with Crippen LogP contribution in [-0.2, 0) is 29.8 Å². The number of carbonyl (C=O) groups excluding carboxylic acids is 2. The molecule has 0 bridgehead atoms. The summed E-state index contributed by atoms with van der Waals surface area (Å²) in [6.45, 7) is 6.55. The van der Waals surface area contributed by atoms with E-state index in [2.05, 4.69) is 5.10 Å². The van der Waals surface area contributed by atoms with Crippen molar-refractivity contribution in [2.24, 2.45) is 0 Å². The Hall–Kier alpha value is -2.87. The first-order valence-electron chi connectivity index (χ1n) is 10.2. The van der Waals surface area contributed by atoms with Gasteiger partial charge in [0, 0.05) is 25.6 Å². The molecular formula is C22H28N4O4. The molecule has 1 unspecified atom stereocenters. The second kappa shape index (κ2) is 7.12. The fourth-order valence-corrected chi connectivity index (χ4v) is 4.14. The highest BCUT2D eigenvalue weighted by Gasteiger charge is 2.41. The molecule has 0 radical (unpaired) electrons. The molecule has 2 aliphatic rings. The molecule has 0 saturated carbocycles. The molecule has 0 spiro atoms. The molecule has 1 N–H and O–H groups in total. The molecule has 2 aromatic rings. The Kier molecular flexibility index (Phi) is 4.85. The van der Waals surface area contributed by atoms with E-state index in [9.17, 15) is 14.7 Å². The van der Waals surface area contributed by atoms with Crippen molar-refractivity contribution in [3.8, 4) is 0 Å². The minimum atomic E-state index is -1.25. The summed E-state index contributed by atoms with van der Waals surface area (Å²) in [5.41, 5.74) is 0.866. The fraction of sp³-hybridized carbons (Fsp3) is 0.500. The number of β-amino-alcohol motifs (C(OH)–C–C–N with tert-alkyl or cyclic N) is 1. The summed E-state index contributed by atoms with van der Waals surface area (Å²) in [6.07, 6.45) is 0.137. The highest BCUT2D eigenvalue weighted by molar-refractivity contribution is 5.94. The van der Waals surface area contributed by atoms with Crippen LogP contribution in [0.4, 0.5) is 4.79 Å². The fourth-order valence-electron chi connectivity index (χ4n) is 4.14. The molecule has 0 fully saturated rings. The molecule has 160 valence electrons. The SMILES string of the molecule is CN1CC(O)(c2ccccc2)Cn2nc3c(c2C1=O)CN(C(=O)OC(C)(C)C)CC3. The molecule has 0 aliphatic carbocycles. The zero-order valence-electron chi connectivity index (χ0n) is 17.9. The number of rotatable bonds is 1. The molecule has 1 atom stereocenters. The van der Waals surface area contributed by atoms with E-state index in [1.54, 1.807) is 16.6 Å². The molecule has 1 aromatic carbocycles. The van der Waals surface area contributed by atoms with E-state index >= 15 is 0 Å². The van der Waals surface area contributed by atoms with Crippen molar-refractivity contribution in [3.05, 3.63) is 52.8 Å². The van der Waals surface area contributed by atoms with Gasteiger partial charge < -0.3 is 19.6 Å². The van der Waals surface area contributed by atoms with Gasteiger partial charge in [-0.2, -0.15) is 5.10 Å². The molecule has 2 aliphatic heterocycles. The summed E-state index contributed by atoms with van der Waals surface area (Å²) >= 11 is 0. The average Bonchev–Trinajstić information content (AvgIpc) is 2.98. The first-order valence-corrected chi connectivity index (χ1v) is 10.2. The average molecular weight is 412 g/mol. The number of hydrogen-bond acceptors (Lipinski definition) is 5. The van der Waals surface area contributed by atoms with Crippen molar-refractivity contribution in [1.82, 2.24) is 19.6 Å². The second-order valence-corrected chi connectivity index (χ2v) is 9.14. The van der Waals surface area contributed by atoms with Crippen molar-refractivity contribution < 1.29 is 19.4 Å². The van der Waals surface area contributed by atoms with Crippen LogP contribution in [0.15, 0.2) is 30.3 Å². The van der Waals surface area contributed by atoms with Crippen LogP contribution in [0.25, 0.3) is 0 Å². The van der Waals surface area contributed by atoms with Crippen LogP contribution in [-0.4, -0.2) is 62.4 Å². The summed E-state index contributed by atoms with van der Waals surface area (Å²) < 4.78 is 7.11. The normalized spacial score (nSPS) is 21.7. The Morgan fingerprint density at radius 1 is 1.20 bits per heavy atom. The largest absolute Gasteiger partial charge is 0.444 e. The molecule has 1 aromatic heterocycles. The van der Waals surface area contributed by atoms with E-state index in [-0.39, 0.29) is 25.5 Å². The number of aromatic nitrogens is 2. The van der Waals surface area contributed by atoms with Crippen molar-refractivity contribution in [2.75, 3.05) is 20.1 Å². The summed E-state index contributed by atoms with van der Waals surface area (Å²) in [7, 11) is 1.68.